The van der Waals surface area contributed by atoms with Crippen molar-refractivity contribution in [2.75, 3.05) is 11.1 Å². The standard InChI is InChI=1S/C21H18N4O2S/c1-2-13-25-20(27)17-5-3-4-6-18(17)24-21(25)28-14-19(26)23-16-9-7-15(8-10-16)11-12-22/h2-10H,1,11,13-14H2,(H,23,26). The fourth-order valence-electron chi connectivity index (χ4n) is 2.67. The molecule has 0 aliphatic rings. The first-order chi connectivity index (χ1) is 13.6. The van der Waals surface area contributed by atoms with Crippen molar-refractivity contribution >= 4 is 34.3 Å². The molecule has 0 aliphatic heterocycles. The van der Waals surface area contributed by atoms with Crippen molar-refractivity contribution in [1.82, 2.24) is 9.55 Å². The Hall–Kier alpha value is -3.37. The molecule has 2 aromatic carbocycles. The third-order valence-corrected chi connectivity index (χ3v) is 4.97. The lowest BCUT2D eigenvalue weighted by molar-refractivity contribution is -0.113. The molecular formula is C21H18N4O2S. The minimum atomic E-state index is -0.203. The summed E-state index contributed by atoms with van der Waals surface area (Å²) >= 11 is 1.20. The summed E-state index contributed by atoms with van der Waals surface area (Å²) in [6.07, 6.45) is 1.96. The van der Waals surface area contributed by atoms with Gasteiger partial charge in [-0.15, -0.1) is 6.58 Å². The van der Waals surface area contributed by atoms with Crippen molar-refractivity contribution in [1.29, 1.82) is 5.26 Å². The Kier molecular flexibility index (Phi) is 6.25. The molecule has 7 heteroatoms. The molecule has 28 heavy (non-hydrogen) atoms. The molecule has 1 N–H and O–H groups in total. The van der Waals surface area contributed by atoms with Gasteiger partial charge in [0, 0.05) is 12.2 Å². The summed E-state index contributed by atoms with van der Waals surface area (Å²) in [5, 5.41) is 12.5. The Morgan fingerprint density at radius 2 is 2.00 bits per heavy atom. The van der Waals surface area contributed by atoms with Crippen LogP contribution >= 0.6 is 11.8 Å². The number of carbonyl (C=O) groups is 1. The number of fused-ring (bicyclic) bond motifs is 1. The predicted octanol–water partition coefficient (Wildman–Crippen LogP) is 3.38. The largest absolute Gasteiger partial charge is 0.325 e. The van der Waals surface area contributed by atoms with Crippen molar-refractivity contribution < 1.29 is 4.79 Å². The van der Waals surface area contributed by atoms with Crippen LogP contribution in [0.15, 0.2) is 71.1 Å². The number of benzene rings is 2. The zero-order valence-corrected chi connectivity index (χ0v) is 15.9. The van der Waals surface area contributed by atoms with Crippen LogP contribution < -0.4 is 10.9 Å². The number of nitrogens with zero attached hydrogens (tertiary/aromatic N) is 3. The number of carbonyl (C=O) groups excluding carboxylic acids is 1. The van der Waals surface area contributed by atoms with Gasteiger partial charge in [0.1, 0.15) is 0 Å². The van der Waals surface area contributed by atoms with Gasteiger partial charge in [-0.05, 0) is 29.8 Å². The van der Waals surface area contributed by atoms with Gasteiger partial charge in [0.05, 0.1) is 29.1 Å². The normalized spacial score (nSPS) is 10.4. The number of thioether (sulfide) groups is 1. The Morgan fingerprint density at radius 1 is 1.25 bits per heavy atom. The molecular weight excluding hydrogens is 372 g/mol. The number of allylic oxidation sites excluding steroid dienone is 1. The van der Waals surface area contributed by atoms with Gasteiger partial charge in [-0.25, -0.2) is 4.98 Å². The van der Waals surface area contributed by atoms with Crippen LogP contribution in [-0.4, -0.2) is 21.2 Å². The van der Waals surface area contributed by atoms with Gasteiger partial charge in [-0.1, -0.05) is 42.1 Å². The van der Waals surface area contributed by atoms with E-state index in [0.29, 0.717) is 34.7 Å². The number of nitriles is 1. The number of para-hydroxylation sites is 1. The van der Waals surface area contributed by atoms with Crippen LogP contribution in [0.4, 0.5) is 5.69 Å². The highest BCUT2D eigenvalue weighted by Gasteiger charge is 2.12. The Morgan fingerprint density at radius 3 is 2.71 bits per heavy atom. The van der Waals surface area contributed by atoms with E-state index in [4.69, 9.17) is 5.26 Å². The minimum Gasteiger partial charge on any atom is -0.325 e. The molecule has 0 spiro atoms. The molecule has 1 aromatic heterocycles. The van der Waals surface area contributed by atoms with E-state index in [1.807, 2.05) is 6.07 Å². The molecule has 0 aliphatic carbocycles. The van der Waals surface area contributed by atoms with E-state index in [-0.39, 0.29) is 17.2 Å². The molecule has 0 fully saturated rings. The lowest BCUT2D eigenvalue weighted by Gasteiger charge is -2.11. The predicted molar refractivity (Wildman–Crippen MR) is 111 cm³/mol. The first-order valence-corrected chi connectivity index (χ1v) is 9.60. The molecule has 3 rings (SSSR count). The van der Waals surface area contributed by atoms with E-state index in [2.05, 4.69) is 22.9 Å². The summed E-state index contributed by atoms with van der Waals surface area (Å²) < 4.78 is 1.52. The summed E-state index contributed by atoms with van der Waals surface area (Å²) in [6, 6.07) is 16.4. The van der Waals surface area contributed by atoms with E-state index in [1.165, 1.54) is 16.3 Å². The van der Waals surface area contributed by atoms with Crippen LogP contribution in [0.3, 0.4) is 0 Å². The van der Waals surface area contributed by atoms with E-state index < -0.39 is 0 Å². The maximum absolute atomic E-state index is 12.7. The summed E-state index contributed by atoms with van der Waals surface area (Å²) in [5.41, 5.74) is 2.00. The molecule has 140 valence electrons. The number of hydrogen-bond donors (Lipinski definition) is 1. The smallest absolute Gasteiger partial charge is 0.262 e. The van der Waals surface area contributed by atoms with E-state index in [0.717, 1.165) is 5.56 Å². The number of nitrogens with one attached hydrogen (secondary N) is 1. The second-order valence-corrected chi connectivity index (χ2v) is 6.93. The Bertz CT molecular complexity index is 1110. The second-order valence-electron chi connectivity index (χ2n) is 5.98. The fourth-order valence-corrected chi connectivity index (χ4v) is 3.48. The molecule has 0 unspecified atom stereocenters. The summed E-state index contributed by atoms with van der Waals surface area (Å²) in [7, 11) is 0. The number of aromatic nitrogens is 2. The zero-order valence-electron chi connectivity index (χ0n) is 15.1. The van der Waals surface area contributed by atoms with E-state index >= 15 is 0 Å². The van der Waals surface area contributed by atoms with E-state index in [1.54, 1.807) is 48.5 Å². The third kappa shape index (κ3) is 4.48. The van der Waals surface area contributed by atoms with Crippen molar-refractivity contribution in [3.05, 3.63) is 77.1 Å². The molecule has 3 aromatic rings. The van der Waals surface area contributed by atoms with Gasteiger partial charge >= 0.3 is 0 Å². The lowest BCUT2D eigenvalue weighted by Crippen LogP contribution is -2.23. The third-order valence-electron chi connectivity index (χ3n) is 3.99. The molecule has 0 bridgehead atoms. The zero-order chi connectivity index (χ0) is 19.9. The summed E-state index contributed by atoms with van der Waals surface area (Å²) in [4.78, 5) is 29.5. The van der Waals surface area contributed by atoms with Gasteiger partial charge in [0.2, 0.25) is 5.91 Å². The second kappa shape index (κ2) is 9.02. The van der Waals surface area contributed by atoms with Crippen LogP contribution in [0.2, 0.25) is 0 Å². The highest BCUT2D eigenvalue weighted by molar-refractivity contribution is 7.99. The number of amides is 1. The molecule has 0 atom stereocenters. The van der Waals surface area contributed by atoms with Crippen LogP contribution in [0.25, 0.3) is 10.9 Å². The average molecular weight is 390 g/mol. The number of rotatable bonds is 7. The maximum Gasteiger partial charge on any atom is 0.262 e. The number of anilines is 1. The van der Waals surface area contributed by atoms with Crippen molar-refractivity contribution in [3.63, 3.8) is 0 Å². The SMILES string of the molecule is C=CCn1c(SCC(=O)Nc2ccc(CC#N)cc2)nc2ccccc2c1=O. The van der Waals surface area contributed by atoms with Gasteiger partial charge in [0.25, 0.3) is 5.56 Å². The molecule has 6 nitrogen and oxygen atoms in total. The molecule has 0 saturated carbocycles. The molecule has 1 heterocycles. The minimum absolute atomic E-state index is 0.113. The van der Waals surface area contributed by atoms with Gasteiger partial charge in [-0.3, -0.25) is 14.2 Å². The van der Waals surface area contributed by atoms with Gasteiger partial charge in [-0.2, -0.15) is 5.26 Å². The van der Waals surface area contributed by atoms with Crippen molar-refractivity contribution in [2.45, 2.75) is 18.1 Å². The van der Waals surface area contributed by atoms with Crippen molar-refractivity contribution in [2.24, 2.45) is 0 Å². The summed E-state index contributed by atoms with van der Waals surface area (Å²) in [5.74, 6) is -0.0902. The van der Waals surface area contributed by atoms with Crippen LogP contribution in [0, 0.1) is 11.3 Å². The van der Waals surface area contributed by atoms with E-state index in [9.17, 15) is 9.59 Å². The van der Waals surface area contributed by atoms with Crippen LogP contribution in [0.1, 0.15) is 5.56 Å². The van der Waals surface area contributed by atoms with Crippen LogP contribution in [0.5, 0.6) is 0 Å². The van der Waals surface area contributed by atoms with Crippen molar-refractivity contribution in [3.8, 4) is 6.07 Å². The quantitative estimate of drug-likeness (QED) is 0.380. The average Bonchev–Trinajstić information content (AvgIpc) is 2.70. The highest BCUT2D eigenvalue weighted by atomic mass is 32.2. The van der Waals surface area contributed by atoms with Gasteiger partial charge in [0.15, 0.2) is 5.16 Å². The number of hydrogen-bond acceptors (Lipinski definition) is 5. The highest BCUT2D eigenvalue weighted by Crippen LogP contribution is 2.18. The lowest BCUT2D eigenvalue weighted by atomic mass is 10.1. The Balaban J connectivity index is 1.74. The molecule has 0 saturated heterocycles. The topological polar surface area (TPSA) is 87.8 Å². The van der Waals surface area contributed by atoms with Crippen LogP contribution in [-0.2, 0) is 17.8 Å². The monoisotopic (exact) mass is 390 g/mol. The maximum atomic E-state index is 12.7. The van der Waals surface area contributed by atoms with Gasteiger partial charge < -0.3 is 5.32 Å². The first-order valence-electron chi connectivity index (χ1n) is 8.61. The first kappa shape index (κ1) is 19.4. The Labute approximate surface area is 166 Å². The molecule has 1 amide bonds. The summed E-state index contributed by atoms with van der Waals surface area (Å²) in [6.45, 7) is 4.01. The fraction of sp³-hybridized carbons (Fsp3) is 0.143. The molecule has 0 radical (unpaired) electrons.